The minimum atomic E-state index is -0.399. The van der Waals surface area contributed by atoms with Crippen LogP contribution in [0.1, 0.15) is 25.3 Å². The lowest BCUT2D eigenvalue weighted by atomic mass is 10.1. The summed E-state index contributed by atoms with van der Waals surface area (Å²) in [5, 5.41) is 2.85. The molecular formula is C14H21BrN2O2. The Balaban J connectivity index is 2.43. The third-order valence-corrected chi connectivity index (χ3v) is 3.52. The third-order valence-electron chi connectivity index (χ3n) is 2.86. The summed E-state index contributed by atoms with van der Waals surface area (Å²) in [7, 11) is 1.63. The van der Waals surface area contributed by atoms with E-state index in [0.717, 1.165) is 35.0 Å². The van der Waals surface area contributed by atoms with Gasteiger partial charge in [0.05, 0.1) is 17.6 Å². The lowest BCUT2D eigenvalue weighted by Crippen LogP contribution is -2.41. The Morgan fingerprint density at radius 3 is 2.89 bits per heavy atom. The van der Waals surface area contributed by atoms with E-state index in [0.29, 0.717) is 6.54 Å². The topological polar surface area (TPSA) is 64.4 Å². The number of carbonyl (C=O) groups is 1. The molecule has 1 amide bonds. The van der Waals surface area contributed by atoms with Gasteiger partial charge in [0.25, 0.3) is 0 Å². The molecule has 0 fully saturated rings. The van der Waals surface area contributed by atoms with Gasteiger partial charge in [-0.05, 0) is 46.5 Å². The average Bonchev–Trinajstić information content (AvgIpc) is 2.40. The summed E-state index contributed by atoms with van der Waals surface area (Å²) in [4.78, 5) is 11.6. The van der Waals surface area contributed by atoms with Crippen molar-refractivity contribution in [3.05, 3.63) is 28.2 Å². The van der Waals surface area contributed by atoms with E-state index in [2.05, 4.69) is 21.2 Å². The molecule has 0 saturated heterocycles. The normalized spacial score (nSPS) is 12.0. The van der Waals surface area contributed by atoms with Gasteiger partial charge in [0.1, 0.15) is 5.75 Å². The van der Waals surface area contributed by atoms with Crippen molar-refractivity contribution < 1.29 is 9.53 Å². The summed E-state index contributed by atoms with van der Waals surface area (Å²) in [6, 6.07) is 5.51. The molecule has 0 saturated carbocycles. The predicted octanol–water partition coefficient (Wildman–Crippen LogP) is 2.24. The third kappa shape index (κ3) is 5.20. The molecule has 0 aliphatic heterocycles. The van der Waals surface area contributed by atoms with Crippen LogP contribution < -0.4 is 15.8 Å². The number of benzene rings is 1. The Morgan fingerprint density at radius 2 is 2.26 bits per heavy atom. The first-order valence-electron chi connectivity index (χ1n) is 6.44. The maximum Gasteiger partial charge on any atom is 0.236 e. The van der Waals surface area contributed by atoms with Gasteiger partial charge in [-0.2, -0.15) is 0 Å². The van der Waals surface area contributed by atoms with Gasteiger partial charge in [-0.1, -0.05) is 19.4 Å². The lowest BCUT2D eigenvalue weighted by Gasteiger charge is -2.11. The minimum Gasteiger partial charge on any atom is -0.496 e. The molecule has 1 atom stereocenters. The SMILES string of the molecule is CCCC(N)C(=O)NCCc1ccc(Br)c(OC)c1. The molecule has 0 heterocycles. The molecule has 0 spiro atoms. The van der Waals surface area contributed by atoms with Gasteiger partial charge < -0.3 is 15.8 Å². The van der Waals surface area contributed by atoms with Crippen LogP contribution in [0.15, 0.2) is 22.7 Å². The Morgan fingerprint density at radius 1 is 1.53 bits per heavy atom. The molecule has 1 rings (SSSR count). The van der Waals surface area contributed by atoms with Crippen LogP contribution in [0.4, 0.5) is 0 Å². The lowest BCUT2D eigenvalue weighted by molar-refractivity contribution is -0.122. The maximum atomic E-state index is 11.6. The number of nitrogens with two attached hydrogens (primary N) is 1. The average molecular weight is 329 g/mol. The largest absolute Gasteiger partial charge is 0.496 e. The second kappa shape index (κ2) is 8.17. The fourth-order valence-electron chi connectivity index (χ4n) is 1.76. The van der Waals surface area contributed by atoms with Crippen molar-refractivity contribution in [3.63, 3.8) is 0 Å². The zero-order chi connectivity index (χ0) is 14.3. The van der Waals surface area contributed by atoms with Gasteiger partial charge >= 0.3 is 0 Å². The molecule has 106 valence electrons. The van der Waals surface area contributed by atoms with Crippen LogP contribution in [-0.4, -0.2) is 25.6 Å². The van der Waals surface area contributed by atoms with Crippen molar-refractivity contribution in [3.8, 4) is 5.75 Å². The van der Waals surface area contributed by atoms with Crippen LogP contribution >= 0.6 is 15.9 Å². The highest BCUT2D eigenvalue weighted by atomic mass is 79.9. The quantitative estimate of drug-likeness (QED) is 0.806. The molecule has 0 aliphatic rings. The Labute approximate surface area is 122 Å². The molecule has 4 nitrogen and oxygen atoms in total. The second-order valence-corrected chi connectivity index (χ2v) is 5.26. The van der Waals surface area contributed by atoms with E-state index in [1.807, 2.05) is 25.1 Å². The zero-order valence-corrected chi connectivity index (χ0v) is 13.0. The number of nitrogens with one attached hydrogen (secondary N) is 1. The first kappa shape index (κ1) is 16.0. The van der Waals surface area contributed by atoms with Crippen LogP contribution in [0.2, 0.25) is 0 Å². The fourth-order valence-corrected chi connectivity index (χ4v) is 2.17. The van der Waals surface area contributed by atoms with E-state index in [1.54, 1.807) is 7.11 Å². The molecule has 0 aliphatic carbocycles. The van der Waals surface area contributed by atoms with Crippen molar-refractivity contribution in [2.75, 3.05) is 13.7 Å². The standard InChI is InChI=1S/C14H21BrN2O2/c1-3-4-12(16)14(18)17-8-7-10-5-6-11(15)13(9-10)19-2/h5-6,9,12H,3-4,7-8,16H2,1-2H3,(H,17,18). The number of rotatable bonds is 7. The van der Waals surface area contributed by atoms with Gasteiger partial charge in [-0.3, -0.25) is 4.79 Å². The summed E-state index contributed by atoms with van der Waals surface area (Å²) in [6.07, 6.45) is 2.39. The Bertz CT molecular complexity index is 424. The van der Waals surface area contributed by atoms with Crippen LogP contribution in [0.25, 0.3) is 0 Å². The van der Waals surface area contributed by atoms with Gasteiger partial charge in [0.15, 0.2) is 0 Å². The summed E-state index contributed by atoms with van der Waals surface area (Å²) in [5.41, 5.74) is 6.85. The first-order chi connectivity index (χ1) is 9.08. The predicted molar refractivity (Wildman–Crippen MR) is 80.3 cm³/mol. The van der Waals surface area contributed by atoms with E-state index < -0.39 is 6.04 Å². The molecule has 19 heavy (non-hydrogen) atoms. The van der Waals surface area contributed by atoms with Crippen LogP contribution in [0.5, 0.6) is 5.75 Å². The number of ether oxygens (including phenoxy) is 1. The van der Waals surface area contributed by atoms with Gasteiger partial charge in [-0.15, -0.1) is 0 Å². The van der Waals surface area contributed by atoms with Crippen molar-refractivity contribution in [2.45, 2.75) is 32.2 Å². The molecular weight excluding hydrogens is 308 g/mol. The van der Waals surface area contributed by atoms with Crippen LogP contribution in [0.3, 0.4) is 0 Å². The molecule has 1 aromatic rings. The number of methoxy groups -OCH3 is 1. The van der Waals surface area contributed by atoms with Crippen molar-refractivity contribution in [1.82, 2.24) is 5.32 Å². The molecule has 0 aromatic heterocycles. The summed E-state index contributed by atoms with van der Waals surface area (Å²) < 4.78 is 6.15. The zero-order valence-electron chi connectivity index (χ0n) is 11.4. The molecule has 3 N–H and O–H groups in total. The fraction of sp³-hybridized carbons (Fsp3) is 0.500. The Kier molecular flexibility index (Phi) is 6.87. The van der Waals surface area contributed by atoms with Gasteiger partial charge in [-0.25, -0.2) is 0 Å². The number of hydrogen-bond acceptors (Lipinski definition) is 3. The monoisotopic (exact) mass is 328 g/mol. The van der Waals surface area contributed by atoms with Gasteiger partial charge in [0.2, 0.25) is 5.91 Å². The van der Waals surface area contributed by atoms with E-state index in [9.17, 15) is 4.79 Å². The molecule has 5 heteroatoms. The highest BCUT2D eigenvalue weighted by Crippen LogP contribution is 2.25. The minimum absolute atomic E-state index is 0.0778. The molecule has 1 unspecified atom stereocenters. The first-order valence-corrected chi connectivity index (χ1v) is 7.23. The Hall–Kier alpha value is -1.07. The van der Waals surface area contributed by atoms with Crippen LogP contribution in [0, 0.1) is 0 Å². The van der Waals surface area contributed by atoms with E-state index in [1.165, 1.54) is 0 Å². The number of amides is 1. The number of carbonyl (C=O) groups excluding carboxylic acids is 1. The molecule has 0 bridgehead atoms. The van der Waals surface area contributed by atoms with E-state index in [4.69, 9.17) is 10.5 Å². The summed E-state index contributed by atoms with van der Waals surface area (Å²) >= 11 is 3.41. The second-order valence-electron chi connectivity index (χ2n) is 4.41. The molecule has 0 radical (unpaired) electrons. The smallest absolute Gasteiger partial charge is 0.236 e. The summed E-state index contributed by atoms with van der Waals surface area (Å²) in [6.45, 7) is 2.60. The van der Waals surface area contributed by atoms with Crippen LogP contribution in [-0.2, 0) is 11.2 Å². The van der Waals surface area contributed by atoms with Crippen molar-refractivity contribution in [1.29, 1.82) is 0 Å². The molecule has 1 aromatic carbocycles. The van der Waals surface area contributed by atoms with E-state index >= 15 is 0 Å². The van der Waals surface area contributed by atoms with Crippen molar-refractivity contribution in [2.24, 2.45) is 5.73 Å². The van der Waals surface area contributed by atoms with Crippen molar-refractivity contribution >= 4 is 21.8 Å². The number of hydrogen-bond donors (Lipinski definition) is 2. The van der Waals surface area contributed by atoms with Gasteiger partial charge in [0, 0.05) is 6.54 Å². The van der Waals surface area contributed by atoms with E-state index in [-0.39, 0.29) is 5.91 Å². The summed E-state index contributed by atoms with van der Waals surface area (Å²) in [5.74, 6) is 0.720. The maximum absolute atomic E-state index is 11.6. The highest BCUT2D eigenvalue weighted by Gasteiger charge is 2.11. The number of halogens is 1. The highest BCUT2D eigenvalue weighted by molar-refractivity contribution is 9.10.